The summed E-state index contributed by atoms with van der Waals surface area (Å²) in [5.41, 5.74) is 0. The van der Waals surface area contributed by atoms with Crippen molar-refractivity contribution in [2.24, 2.45) is 0 Å². The summed E-state index contributed by atoms with van der Waals surface area (Å²) < 4.78 is 4.48. The molecule has 0 aromatic carbocycles. The number of ether oxygens (including phenoxy) is 1. The van der Waals surface area contributed by atoms with E-state index in [0.717, 1.165) is 5.01 Å². The van der Waals surface area contributed by atoms with Gasteiger partial charge >= 0.3 is 5.97 Å². The topological polar surface area (TPSA) is 39.2 Å². The van der Waals surface area contributed by atoms with Crippen molar-refractivity contribution in [1.29, 1.82) is 0 Å². The third-order valence-electron chi connectivity index (χ3n) is 1.01. The monoisotopic (exact) mass is 229 g/mol. The summed E-state index contributed by atoms with van der Waals surface area (Å²) in [6.45, 7) is 1.84. The van der Waals surface area contributed by atoms with Crippen LogP contribution in [0, 0.1) is 6.92 Å². The van der Waals surface area contributed by atoms with Crippen molar-refractivity contribution in [1.82, 2.24) is 4.98 Å². The molecule has 0 amide bonds. The average molecular weight is 230 g/mol. The highest BCUT2D eigenvalue weighted by atomic mass is 35.5. The molecule has 3 nitrogen and oxygen atoms in total. The standard InChI is InChI=1S/C6H7NO2S.2ClH/c1-4-7-3-5(10-4)6(8)9-2;;/h3H,1-2H3;2*1H. The summed E-state index contributed by atoms with van der Waals surface area (Å²) in [7, 11) is 1.36. The zero-order valence-corrected chi connectivity index (χ0v) is 9.02. The fraction of sp³-hybridized carbons (Fsp3) is 0.333. The molecule has 1 aromatic rings. The smallest absolute Gasteiger partial charge is 0.349 e. The zero-order chi connectivity index (χ0) is 7.56. The maximum absolute atomic E-state index is 10.8. The van der Waals surface area contributed by atoms with Gasteiger partial charge in [-0.05, 0) is 6.92 Å². The van der Waals surface area contributed by atoms with Gasteiger partial charge in [-0.25, -0.2) is 9.78 Å². The lowest BCUT2D eigenvalue weighted by atomic mass is 10.6. The normalized spacial score (nSPS) is 7.83. The second-order valence-electron chi connectivity index (χ2n) is 1.74. The largest absolute Gasteiger partial charge is 0.465 e. The first-order valence-electron chi connectivity index (χ1n) is 2.75. The molecule has 0 radical (unpaired) electrons. The van der Waals surface area contributed by atoms with E-state index >= 15 is 0 Å². The summed E-state index contributed by atoms with van der Waals surface area (Å²) in [6.07, 6.45) is 1.52. The highest BCUT2D eigenvalue weighted by Gasteiger charge is 2.07. The minimum atomic E-state index is -0.314. The Kier molecular flexibility index (Phi) is 7.37. The molecule has 0 aliphatic carbocycles. The van der Waals surface area contributed by atoms with E-state index in [9.17, 15) is 4.79 Å². The van der Waals surface area contributed by atoms with Crippen molar-refractivity contribution in [3.8, 4) is 0 Å². The Morgan fingerprint density at radius 2 is 2.17 bits per heavy atom. The maximum atomic E-state index is 10.8. The van der Waals surface area contributed by atoms with Gasteiger partial charge in [-0.1, -0.05) is 0 Å². The first-order valence-corrected chi connectivity index (χ1v) is 3.56. The van der Waals surface area contributed by atoms with Gasteiger partial charge in [0.05, 0.1) is 18.3 Å². The van der Waals surface area contributed by atoms with E-state index in [0.29, 0.717) is 4.88 Å². The Balaban J connectivity index is 0. The molecule has 0 saturated carbocycles. The number of thiazole rings is 1. The molecular weight excluding hydrogens is 221 g/mol. The maximum Gasteiger partial charge on any atom is 0.349 e. The van der Waals surface area contributed by atoms with Crippen LogP contribution >= 0.6 is 36.2 Å². The molecule has 0 saturated heterocycles. The SMILES string of the molecule is COC(=O)c1cnc(C)s1.Cl.Cl. The van der Waals surface area contributed by atoms with Crippen molar-refractivity contribution in [3.05, 3.63) is 16.1 Å². The van der Waals surface area contributed by atoms with Crippen LogP contribution in [0.15, 0.2) is 6.20 Å². The van der Waals surface area contributed by atoms with Crippen LogP contribution in [0.2, 0.25) is 0 Å². The first-order chi connectivity index (χ1) is 4.74. The lowest BCUT2D eigenvalue weighted by molar-refractivity contribution is 0.0606. The van der Waals surface area contributed by atoms with E-state index in [1.807, 2.05) is 6.92 Å². The van der Waals surface area contributed by atoms with Crippen molar-refractivity contribution in [2.75, 3.05) is 7.11 Å². The molecule has 0 fully saturated rings. The van der Waals surface area contributed by atoms with Crippen molar-refractivity contribution in [2.45, 2.75) is 6.92 Å². The molecule has 0 spiro atoms. The highest BCUT2D eigenvalue weighted by Crippen LogP contribution is 2.11. The number of rotatable bonds is 1. The third kappa shape index (κ3) is 3.38. The third-order valence-corrected chi connectivity index (χ3v) is 1.90. The van der Waals surface area contributed by atoms with E-state index in [4.69, 9.17) is 0 Å². The fourth-order valence-corrected chi connectivity index (χ4v) is 1.25. The molecule has 70 valence electrons. The zero-order valence-electron chi connectivity index (χ0n) is 6.57. The van der Waals surface area contributed by atoms with Gasteiger partial charge in [0.1, 0.15) is 4.88 Å². The van der Waals surface area contributed by atoms with Gasteiger partial charge in [-0.3, -0.25) is 0 Å². The summed E-state index contributed by atoms with van der Waals surface area (Å²) >= 11 is 1.33. The molecule has 0 aliphatic heterocycles. The predicted molar refractivity (Wildman–Crippen MR) is 52.7 cm³/mol. The number of halogens is 2. The van der Waals surface area contributed by atoms with Crippen molar-refractivity contribution < 1.29 is 9.53 Å². The van der Waals surface area contributed by atoms with E-state index in [2.05, 4.69) is 9.72 Å². The Morgan fingerprint density at radius 3 is 2.50 bits per heavy atom. The van der Waals surface area contributed by atoms with Crippen molar-refractivity contribution >= 4 is 42.1 Å². The number of carbonyl (C=O) groups excluding carboxylic acids is 1. The Labute approximate surface area is 87.0 Å². The number of aryl methyl sites for hydroxylation is 1. The molecule has 0 N–H and O–H groups in total. The number of hydrogen-bond donors (Lipinski definition) is 0. The van der Waals surface area contributed by atoms with E-state index in [1.54, 1.807) is 0 Å². The molecule has 0 atom stereocenters. The number of carbonyl (C=O) groups is 1. The average Bonchev–Trinajstić information content (AvgIpc) is 2.34. The van der Waals surface area contributed by atoms with Crippen molar-refractivity contribution in [3.63, 3.8) is 0 Å². The number of methoxy groups -OCH3 is 1. The second-order valence-corrected chi connectivity index (χ2v) is 2.97. The minimum absolute atomic E-state index is 0. The van der Waals surface area contributed by atoms with Crippen LogP contribution in [-0.2, 0) is 4.74 Å². The Morgan fingerprint density at radius 1 is 1.58 bits per heavy atom. The van der Waals surface area contributed by atoms with Crippen LogP contribution in [0.4, 0.5) is 0 Å². The Hall–Kier alpha value is -0.320. The molecule has 6 heteroatoms. The summed E-state index contributed by atoms with van der Waals surface area (Å²) in [5, 5.41) is 0.875. The van der Waals surface area contributed by atoms with Crippen LogP contribution in [0.1, 0.15) is 14.7 Å². The first kappa shape index (κ1) is 14.2. The highest BCUT2D eigenvalue weighted by molar-refractivity contribution is 7.13. The van der Waals surface area contributed by atoms with Crippen LogP contribution in [-0.4, -0.2) is 18.1 Å². The quantitative estimate of drug-likeness (QED) is 0.693. The summed E-state index contributed by atoms with van der Waals surface area (Å²) in [4.78, 5) is 15.2. The Bertz CT molecular complexity index is 251. The molecule has 0 aliphatic rings. The fourth-order valence-electron chi connectivity index (χ4n) is 0.556. The number of esters is 1. The second kappa shape index (κ2) is 6.22. The van der Waals surface area contributed by atoms with E-state index in [-0.39, 0.29) is 30.8 Å². The van der Waals surface area contributed by atoms with Gasteiger partial charge in [0.2, 0.25) is 0 Å². The molecule has 1 heterocycles. The number of aromatic nitrogens is 1. The molecule has 1 aromatic heterocycles. The van der Waals surface area contributed by atoms with Gasteiger partial charge in [0.25, 0.3) is 0 Å². The van der Waals surface area contributed by atoms with E-state index in [1.165, 1.54) is 24.6 Å². The van der Waals surface area contributed by atoms with Crippen LogP contribution in [0.3, 0.4) is 0 Å². The molecule has 0 unspecified atom stereocenters. The van der Waals surface area contributed by atoms with Crippen LogP contribution in [0.5, 0.6) is 0 Å². The summed E-state index contributed by atoms with van der Waals surface area (Å²) in [5.74, 6) is -0.314. The van der Waals surface area contributed by atoms with Gasteiger partial charge < -0.3 is 4.74 Å². The van der Waals surface area contributed by atoms with Gasteiger partial charge in [0, 0.05) is 0 Å². The molecule has 0 bridgehead atoms. The molecule has 1 rings (SSSR count). The van der Waals surface area contributed by atoms with Gasteiger partial charge in [-0.15, -0.1) is 36.2 Å². The lowest BCUT2D eigenvalue weighted by Crippen LogP contribution is -1.96. The van der Waals surface area contributed by atoms with Crippen LogP contribution < -0.4 is 0 Å². The van der Waals surface area contributed by atoms with Gasteiger partial charge in [-0.2, -0.15) is 0 Å². The molecule has 12 heavy (non-hydrogen) atoms. The lowest BCUT2D eigenvalue weighted by Gasteiger charge is -1.89. The van der Waals surface area contributed by atoms with E-state index < -0.39 is 0 Å². The minimum Gasteiger partial charge on any atom is -0.465 e. The predicted octanol–water partition coefficient (Wildman–Crippen LogP) is 2.08. The molecular formula is C6H9Cl2NO2S. The number of hydrogen-bond acceptors (Lipinski definition) is 4. The summed E-state index contributed by atoms with van der Waals surface area (Å²) in [6, 6.07) is 0. The van der Waals surface area contributed by atoms with Gasteiger partial charge in [0.15, 0.2) is 0 Å². The van der Waals surface area contributed by atoms with Crippen LogP contribution in [0.25, 0.3) is 0 Å². The number of nitrogens with zero attached hydrogens (tertiary/aromatic N) is 1.